The molecular weight excluding hydrogens is 378 g/mol. The molecule has 0 radical (unpaired) electrons. The van der Waals surface area contributed by atoms with E-state index in [2.05, 4.69) is 4.98 Å². The number of aliphatic hydroxyl groups is 1. The van der Waals surface area contributed by atoms with Crippen molar-refractivity contribution in [2.45, 2.75) is 12.5 Å². The van der Waals surface area contributed by atoms with Crippen molar-refractivity contribution in [3.05, 3.63) is 70.5 Å². The Balaban J connectivity index is 2.07. The molecule has 1 fully saturated rings. The number of pyridine rings is 1. The van der Waals surface area contributed by atoms with Crippen LogP contribution in [-0.2, 0) is 9.59 Å². The van der Waals surface area contributed by atoms with Gasteiger partial charge in [0.25, 0.3) is 11.7 Å². The number of aromatic nitrogens is 1. The topological polar surface area (TPSA) is 73.7 Å². The number of nitrogens with zero attached hydrogens (tertiary/aromatic N) is 3. The maximum atomic E-state index is 12.8. The van der Waals surface area contributed by atoms with Gasteiger partial charge >= 0.3 is 0 Å². The summed E-state index contributed by atoms with van der Waals surface area (Å²) in [5.41, 5.74) is 1.13. The van der Waals surface area contributed by atoms with E-state index in [0.717, 1.165) is 6.54 Å². The summed E-state index contributed by atoms with van der Waals surface area (Å²) in [7, 11) is 3.90. The Morgan fingerprint density at radius 1 is 1.25 bits per heavy atom. The smallest absolute Gasteiger partial charge is 0.295 e. The molecule has 2 heterocycles. The van der Waals surface area contributed by atoms with Gasteiger partial charge in [-0.2, -0.15) is 0 Å². The van der Waals surface area contributed by atoms with Gasteiger partial charge in [-0.1, -0.05) is 29.8 Å². The van der Waals surface area contributed by atoms with Crippen LogP contribution in [0.4, 0.5) is 0 Å². The molecule has 0 bridgehead atoms. The van der Waals surface area contributed by atoms with Crippen molar-refractivity contribution in [2.75, 3.05) is 27.2 Å². The number of likely N-dealkylation sites (tertiary alicyclic amines) is 1. The Morgan fingerprint density at radius 2 is 2.04 bits per heavy atom. The lowest BCUT2D eigenvalue weighted by Gasteiger charge is -2.25. The minimum atomic E-state index is -0.698. The summed E-state index contributed by atoms with van der Waals surface area (Å²) < 4.78 is 0. The number of hydrogen-bond acceptors (Lipinski definition) is 5. The van der Waals surface area contributed by atoms with Crippen LogP contribution in [0.1, 0.15) is 23.6 Å². The molecule has 2 aromatic rings. The van der Waals surface area contributed by atoms with E-state index in [0.29, 0.717) is 29.1 Å². The fourth-order valence-electron chi connectivity index (χ4n) is 3.34. The third-order valence-electron chi connectivity index (χ3n) is 4.64. The van der Waals surface area contributed by atoms with Crippen LogP contribution in [-0.4, -0.2) is 58.8 Å². The summed E-state index contributed by atoms with van der Waals surface area (Å²) in [5, 5.41) is 11.3. The van der Waals surface area contributed by atoms with Gasteiger partial charge in [0.1, 0.15) is 5.76 Å². The van der Waals surface area contributed by atoms with E-state index in [4.69, 9.17) is 11.6 Å². The van der Waals surface area contributed by atoms with E-state index in [-0.39, 0.29) is 11.3 Å². The first-order chi connectivity index (χ1) is 13.4. The molecule has 0 spiro atoms. The zero-order valence-electron chi connectivity index (χ0n) is 15.8. The van der Waals surface area contributed by atoms with E-state index in [1.54, 1.807) is 48.8 Å². The van der Waals surface area contributed by atoms with Crippen molar-refractivity contribution in [1.82, 2.24) is 14.8 Å². The molecule has 6 nitrogen and oxygen atoms in total. The summed E-state index contributed by atoms with van der Waals surface area (Å²) in [6.45, 7) is 1.17. The molecule has 1 saturated heterocycles. The first kappa shape index (κ1) is 20.0. The van der Waals surface area contributed by atoms with Crippen LogP contribution in [0, 0.1) is 0 Å². The third kappa shape index (κ3) is 4.08. The number of halogens is 1. The zero-order valence-corrected chi connectivity index (χ0v) is 16.6. The van der Waals surface area contributed by atoms with Crippen LogP contribution in [0.15, 0.2) is 54.4 Å². The average molecular weight is 400 g/mol. The van der Waals surface area contributed by atoms with Crippen molar-refractivity contribution in [3.63, 3.8) is 0 Å². The second-order valence-electron chi connectivity index (χ2n) is 6.95. The Labute approximate surface area is 169 Å². The van der Waals surface area contributed by atoms with Gasteiger partial charge < -0.3 is 14.9 Å². The molecule has 7 heteroatoms. The molecule has 0 aliphatic carbocycles. The molecule has 1 aromatic carbocycles. The Hall–Kier alpha value is -2.70. The molecular formula is C21H22ClN3O3. The molecule has 146 valence electrons. The van der Waals surface area contributed by atoms with Crippen molar-refractivity contribution in [3.8, 4) is 0 Å². The maximum absolute atomic E-state index is 12.8. The van der Waals surface area contributed by atoms with Crippen LogP contribution in [0.25, 0.3) is 5.76 Å². The average Bonchev–Trinajstić information content (AvgIpc) is 2.93. The number of benzene rings is 1. The van der Waals surface area contributed by atoms with E-state index in [1.807, 2.05) is 19.0 Å². The highest BCUT2D eigenvalue weighted by Gasteiger charge is 2.45. The standard InChI is InChI=1S/C21H22ClN3O3/c1-24(2)10-5-11-25-18(15-7-4-9-23-13-15)17(20(27)21(25)28)19(26)14-6-3-8-16(22)12-14/h3-4,6-9,12-13,18,26H,5,10-11H2,1-2H3/b19-17-. The molecule has 28 heavy (non-hydrogen) atoms. The summed E-state index contributed by atoms with van der Waals surface area (Å²) in [5.74, 6) is -1.54. The quantitative estimate of drug-likeness (QED) is 0.459. The van der Waals surface area contributed by atoms with Crippen molar-refractivity contribution < 1.29 is 14.7 Å². The second-order valence-corrected chi connectivity index (χ2v) is 7.38. The fourth-order valence-corrected chi connectivity index (χ4v) is 3.53. The van der Waals surface area contributed by atoms with Crippen LogP contribution in [0.5, 0.6) is 0 Å². The summed E-state index contributed by atoms with van der Waals surface area (Å²) in [6, 6.07) is 9.44. The highest BCUT2D eigenvalue weighted by Crippen LogP contribution is 2.39. The van der Waals surface area contributed by atoms with E-state index in [1.165, 1.54) is 4.90 Å². The summed E-state index contributed by atoms with van der Waals surface area (Å²) in [4.78, 5) is 33.2. The molecule has 1 aliphatic rings. The van der Waals surface area contributed by atoms with Crippen LogP contribution in [0.3, 0.4) is 0 Å². The highest BCUT2D eigenvalue weighted by atomic mass is 35.5. The minimum Gasteiger partial charge on any atom is -0.507 e. The SMILES string of the molecule is CN(C)CCCN1C(=O)C(=O)/C(=C(\O)c2cccc(Cl)c2)C1c1cccnc1. The Kier molecular flexibility index (Phi) is 6.11. The minimum absolute atomic E-state index is 0.0603. The first-order valence-electron chi connectivity index (χ1n) is 8.99. The van der Waals surface area contributed by atoms with Gasteiger partial charge in [-0.25, -0.2) is 0 Å². The first-order valence-corrected chi connectivity index (χ1v) is 9.37. The molecule has 3 rings (SSSR count). The van der Waals surface area contributed by atoms with Gasteiger partial charge in [0.2, 0.25) is 0 Å². The second kappa shape index (κ2) is 8.54. The zero-order chi connectivity index (χ0) is 20.3. The van der Waals surface area contributed by atoms with Gasteiger partial charge in [0, 0.05) is 29.5 Å². The van der Waals surface area contributed by atoms with E-state index >= 15 is 0 Å². The van der Waals surface area contributed by atoms with E-state index < -0.39 is 17.7 Å². The molecule has 1 aliphatic heterocycles. The number of Topliss-reactive ketones (excluding diaryl/α,β-unsaturated/α-hetero) is 1. The molecule has 1 amide bonds. The molecule has 1 atom stereocenters. The summed E-state index contributed by atoms with van der Waals surface area (Å²) >= 11 is 6.03. The number of rotatable bonds is 6. The number of carbonyl (C=O) groups is 2. The van der Waals surface area contributed by atoms with Crippen LogP contribution in [0.2, 0.25) is 5.02 Å². The molecule has 1 aromatic heterocycles. The van der Waals surface area contributed by atoms with Crippen molar-refractivity contribution in [1.29, 1.82) is 0 Å². The largest absolute Gasteiger partial charge is 0.507 e. The Bertz CT molecular complexity index is 912. The highest BCUT2D eigenvalue weighted by molar-refractivity contribution is 6.46. The van der Waals surface area contributed by atoms with Crippen molar-refractivity contribution >= 4 is 29.1 Å². The van der Waals surface area contributed by atoms with Crippen LogP contribution >= 0.6 is 11.6 Å². The van der Waals surface area contributed by atoms with Gasteiger partial charge in [0.15, 0.2) is 0 Å². The van der Waals surface area contributed by atoms with Crippen molar-refractivity contribution in [2.24, 2.45) is 0 Å². The lowest BCUT2D eigenvalue weighted by Crippen LogP contribution is -2.32. The predicted molar refractivity (Wildman–Crippen MR) is 108 cm³/mol. The predicted octanol–water partition coefficient (Wildman–Crippen LogP) is 3.11. The maximum Gasteiger partial charge on any atom is 0.295 e. The number of aliphatic hydroxyl groups excluding tert-OH is 1. The monoisotopic (exact) mass is 399 g/mol. The number of carbonyl (C=O) groups excluding carboxylic acids is 2. The Morgan fingerprint density at radius 3 is 2.68 bits per heavy atom. The lowest BCUT2D eigenvalue weighted by molar-refractivity contribution is -0.139. The normalized spacial score (nSPS) is 18.9. The lowest BCUT2D eigenvalue weighted by atomic mass is 9.96. The van der Waals surface area contributed by atoms with Gasteiger partial charge in [-0.3, -0.25) is 14.6 Å². The number of ketones is 1. The van der Waals surface area contributed by atoms with Gasteiger partial charge in [-0.05, 0) is 50.8 Å². The molecule has 1 N–H and O–H groups in total. The molecule has 1 unspecified atom stereocenters. The third-order valence-corrected chi connectivity index (χ3v) is 4.88. The molecule has 0 saturated carbocycles. The van der Waals surface area contributed by atoms with Crippen LogP contribution < -0.4 is 0 Å². The fraction of sp³-hybridized carbons (Fsp3) is 0.286. The number of hydrogen-bond donors (Lipinski definition) is 1. The number of amides is 1. The van der Waals surface area contributed by atoms with Gasteiger partial charge in [0.05, 0.1) is 11.6 Å². The van der Waals surface area contributed by atoms with Gasteiger partial charge in [-0.15, -0.1) is 0 Å². The summed E-state index contributed by atoms with van der Waals surface area (Å²) in [6.07, 6.45) is 3.94. The van der Waals surface area contributed by atoms with E-state index in [9.17, 15) is 14.7 Å².